The quantitative estimate of drug-likeness (QED) is 0.237. The Bertz CT molecular complexity index is 1710. The average molecular weight is 491 g/mol. The summed E-state index contributed by atoms with van der Waals surface area (Å²) in [6.45, 7) is 7.89. The van der Waals surface area contributed by atoms with E-state index < -0.39 is 0 Å². The van der Waals surface area contributed by atoms with Crippen LogP contribution in [0.3, 0.4) is 0 Å². The molecule has 1 aliphatic carbocycles. The van der Waals surface area contributed by atoms with Crippen molar-refractivity contribution in [1.29, 1.82) is 0 Å². The van der Waals surface area contributed by atoms with Gasteiger partial charge in [-0.05, 0) is 68.2 Å². The predicted molar refractivity (Wildman–Crippen MR) is 144 cm³/mol. The van der Waals surface area contributed by atoms with Crippen LogP contribution in [-0.2, 0) is 4.79 Å². The normalized spacial score (nSPS) is 14.4. The lowest BCUT2D eigenvalue weighted by molar-refractivity contribution is -0.121. The Hall–Kier alpha value is -4.72. The molecule has 0 saturated heterocycles. The molecule has 1 fully saturated rings. The zero-order valence-electron chi connectivity index (χ0n) is 20.6. The molecule has 5 heterocycles. The van der Waals surface area contributed by atoms with E-state index in [2.05, 4.69) is 49.2 Å². The monoisotopic (exact) mass is 490 g/mol. The maximum atomic E-state index is 12.2. The van der Waals surface area contributed by atoms with Crippen molar-refractivity contribution >= 4 is 33.5 Å². The van der Waals surface area contributed by atoms with Crippen molar-refractivity contribution in [2.75, 3.05) is 0 Å². The highest BCUT2D eigenvalue weighted by molar-refractivity contribution is 5.99. The first-order chi connectivity index (χ1) is 18.0. The molecule has 184 valence electrons. The summed E-state index contributed by atoms with van der Waals surface area (Å²) >= 11 is 0. The van der Waals surface area contributed by atoms with Crippen molar-refractivity contribution in [2.45, 2.75) is 26.7 Å². The van der Waals surface area contributed by atoms with Crippen molar-refractivity contribution < 1.29 is 9.21 Å². The number of hydrogen-bond donors (Lipinski definition) is 3. The molecule has 0 bridgehead atoms. The molecule has 37 heavy (non-hydrogen) atoms. The summed E-state index contributed by atoms with van der Waals surface area (Å²) in [5, 5.41) is 12.4. The SMILES string of the molecule is C=C(C)/C=C(\C=C(/C)NC(=O)C1CC1)c1cnc2n[nH]c(-c3cc4c(-c5ccoc5)ccnc4[nH]3)c2c1. The number of H-pyrrole nitrogens is 2. The summed E-state index contributed by atoms with van der Waals surface area (Å²) in [4.78, 5) is 24.8. The number of carbonyl (C=O) groups is 1. The van der Waals surface area contributed by atoms with E-state index >= 15 is 0 Å². The van der Waals surface area contributed by atoms with Gasteiger partial charge in [-0.2, -0.15) is 5.10 Å². The van der Waals surface area contributed by atoms with Crippen LogP contribution in [0.2, 0.25) is 0 Å². The topological polar surface area (TPSA) is 112 Å². The zero-order valence-corrected chi connectivity index (χ0v) is 20.6. The fraction of sp³-hybridized carbons (Fsp3) is 0.172. The fourth-order valence-corrected chi connectivity index (χ4v) is 4.48. The molecule has 0 radical (unpaired) electrons. The fourth-order valence-electron chi connectivity index (χ4n) is 4.48. The zero-order chi connectivity index (χ0) is 25.5. The summed E-state index contributed by atoms with van der Waals surface area (Å²) in [7, 11) is 0. The Morgan fingerprint density at radius 2 is 2.03 bits per heavy atom. The van der Waals surface area contributed by atoms with Crippen LogP contribution in [0.15, 0.2) is 83.6 Å². The summed E-state index contributed by atoms with van der Waals surface area (Å²) in [6, 6.07) is 8.02. The average Bonchev–Trinajstić information content (AvgIpc) is 3.25. The lowest BCUT2D eigenvalue weighted by Crippen LogP contribution is -2.22. The lowest BCUT2D eigenvalue weighted by Gasteiger charge is -2.08. The highest BCUT2D eigenvalue weighted by Crippen LogP contribution is 2.34. The van der Waals surface area contributed by atoms with Crippen molar-refractivity contribution in [1.82, 2.24) is 30.5 Å². The molecule has 0 spiro atoms. The molecule has 6 rings (SSSR count). The van der Waals surface area contributed by atoms with Crippen molar-refractivity contribution in [3.8, 4) is 22.5 Å². The Morgan fingerprint density at radius 1 is 1.16 bits per heavy atom. The minimum absolute atomic E-state index is 0.0799. The predicted octanol–water partition coefficient (Wildman–Crippen LogP) is 6.15. The van der Waals surface area contributed by atoms with Crippen LogP contribution in [0.25, 0.3) is 50.2 Å². The molecule has 1 amide bonds. The molecule has 0 aromatic carbocycles. The Balaban J connectivity index is 1.41. The molecule has 1 aliphatic rings. The third-order valence-electron chi connectivity index (χ3n) is 6.42. The second-order valence-corrected chi connectivity index (χ2v) is 9.55. The van der Waals surface area contributed by atoms with Gasteiger partial charge >= 0.3 is 0 Å². The van der Waals surface area contributed by atoms with E-state index in [1.165, 1.54) is 0 Å². The van der Waals surface area contributed by atoms with Gasteiger partial charge in [0.05, 0.1) is 23.9 Å². The molecule has 8 heteroatoms. The van der Waals surface area contributed by atoms with E-state index in [1.807, 2.05) is 38.1 Å². The minimum atomic E-state index is 0.0799. The number of aromatic amines is 2. The van der Waals surface area contributed by atoms with Crippen molar-refractivity contribution in [3.63, 3.8) is 0 Å². The van der Waals surface area contributed by atoms with Gasteiger partial charge in [0.2, 0.25) is 5.91 Å². The van der Waals surface area contributed by atoms with Crippen LogP contribution in [0.1, 0.15) is 32.3 Å². The first-order valence-electron chi connectivity index (χ1n) is 12.2. The van der Waals surface area contributed by atoms with Crippen LogP contribution in [0.4, 0.5) is 0 Å². The van der Waals surface area contributed by atoms with Crippen LogP contribution in [0, 0.1) is 5.92 Å². The lowest BCUT2D eigenvalue weighted by atomic mass is 10.0. The Labute approximate surface area is 213 Å². The second-order valence-electron chi connectivity index (χ2n) is 9.55. The van der Waals surface area contributed by atoms with Gasteiger partial charge in [-0.15, -0.1) is 0 Å². The molecule has 0 unspecified atom stereocenters. The number of carbonyl (C=O) groups excluding carboxylic acids is 1. The van der Waals surface area contributed by atoms with E-state index in [1.54, 1.807) is 24.9 Å². The first-order valence-corrected chi connectivity index (χ1v) is 12.2. The molecule has 8 nitrogen and oxygen atoms in total. The van der Waals surface area contributed by atoms with E-state index in [0.29, 0.717) is 5.65 Å². The Kier molecular flexibility index (Phi) is 5.56. The minimum Gasteiger partial charge on any atom is -0.472 e. The van der Waals surface area contributed by atoms with Crippen LogP contribution < -0.4 is 5.32 Å². The van der Waals surface area contributed by atoms with Crippen LogP contribution >= 0.6 is 0 Å². The molecule has 3 N–H and O–H groups in total. The largest absolute Gasteiger partial charge is 0.472 e. The van der Waals surface area contributed by atoms with Gasteiger partial charge in [0, 0.05) is 45.9 Å². The molecule has 1 saturated carbocycles. The molecule has 0 aliphatic heterocycles. The number of aromatic nitrogens is 5. The number of fused-ring (bicyclic) bond motifs is 2. The second kappa shape index (κ2) is 9.05. The number of nitrogens with zero attached hydrogens (tertiary/aromatic N) is 3. The van der Waals surface area contributed by atoms with Gasteiger partial charge < -0.3 is 14.7 Å². The number of rotatable bonds is 7. The number of amides is 1. The van der Waals surface area contributed by atoms with E-state index in [9.17, 15) is 4.79 Å². The van der Waals surface area contributed by atoms with E-state index in [-0.39, 0.29) is 11.8 Å². The van der Waals surface area contributed by atoms with Gasteiger partial charge in [0.1, 0.15) is 5.65 Å². The van der Waals surface area contributed by atoms with Crippen molar-refractivity contribution in [3.05, 3.63) is 84.8 Å². The molecule has 5 aromatic rings. The maximum absolute atomic E-state index is 12.2. The van der Waals surface area contributed by atoms with E-state index in [4.69, 9.17) is 4.42 Å². The van der Waals surface area contributed by atoms with Gasteiger partial charge in [0.15, 0.2) is 5.65 Å². The van der Waals surface area contributed by atoms with Crippen molar-refractivity contribution in [2.24, 2.45) is 5.92 Å². The molecule has 0 atom stereocenters. The third kappa shape index (κ3) is 4.49. The van der Waals surface area contributed by atoms with Gasteiger partial charge in [0.25, 0.3) is 0 Å². The highest BCUT2D eigenvalue weighted by Gasteiger charge is 2.29. The number of hydrogen-bond acceptors (Lipinski definition) is 5. The summed E-state index contributed by atoms with van der Waals surface area (Å²) in [5.41, 5.74) is 8.55. The van der Waals surface area contributed by atoms with Gasteiger partial charge in [-0.3, -0.25) is 9.89 Å². The summed E-state index contributed by atoms with van der Waals surface area (Å²) in [6.07, 6.45) is 12.8. The maximum Gasteiger partial charge on any atom is 0.227 e. The third-order valence-corrected chi connectivity index (χ3v) is 6.42. The highest BCUT2D eigenvalue weighted by atomic mass is 16.3. The molecular weight excluding hydrogens is 464 g/mol. The first kappa shape index (κ1) is 22.7. The number of allylic oxidation sites excluding steroid dienone is 5. The number of pyridine rings is 2. The standard InChI is InChI=1S/C29H26N6O2/c1-16(2)10-20(11-17(3)32-29(36)18-4-5-18)21-12-24-26(34-35-28(24)31-14-21)25-13-23-22(19-7-9-37-15-19)6-8-30-27(23)33-25/h6-15,18H,1,4-5H2,2-3H3,(H,30,33)(H,32,36)(H,31,34,35)/b17-11+,20-10+. The van der Waals surface area contributed by atoms with Crippen LogP contribution in [-0.4, -0.2) is 31.1 Å². The Morgan fingerprint density at radius 3 is 2.78 bits per heavy atom. The van der Waals surface area contributed by atoms with Crippen LogP contribution in [0.5, 0.6) is 0 Å². The smallest absolute Gasteiger partial charge is 0.227 e. The molecule has 5 aromatic heterocycles. The number of furan rings is 1. The molecular formula is C29H26N6O2. The summed E-state index contributed by atoms with van der Waals surface area (Å²) in [5.74, 6) is 0.222. The summed E-state index contributed by atoms with van der Waals surface area (Å²) < 4.78 is 5.29. The van der Waals surface area contributed by atoms with Gasteiger partial charge in [-0.25, -0.2) is 9.97 Å². The number of nitrogens with one attached hydrogen (secondary N) is 3. The van der Waals surface area contributed by atoms with E-state index in [0.717, 1.165) is 74.2 Å². The van der Waals surface area contributed by atoms with Gasteiger partial charge in [-0.1, -0.05) is 18.2 Å².